The number of hydrogen-bond donors (Lipinski definition) is 0. The topological polar surface area (TPSA) is 38.5 Å². The summed E-state index contributed by atoms with van der Waals surface area (Å²) in [5, 5.41) is 0.673. The summed E-state index contributed by atoms with van der Waals surface area (Å²) in [5.74, 6) is 0. The quantitative estimate of drug-likeness (QED) is 0.782. The Morgan fingerprint density at radius 3 is 3.18 bits per heavy atom. The van der Waals surface area contributed by atoms with Gasteiger partial charge >= 0.3 is 0 Å². The van der Waals surface area contributed by atoms with E-state index in [1.165, 1.54) is 0 Å². The maximum Gasteiger partial charge on any atom is 0.298 e. The van der Waals surface area contributed by atoms with E-state index < -0.39 is 0 Å². The SMILES string of the molecule is C[C@@H]1COCCN1c1nc2cc(Cl)ccc2o1. The number of halogens is 1. The number of aromatic nitrogens is 1. The molecule has 0 radical (unpaired) electrons. The van der Waals surface area contributed by atoms with E-state index in [4.69, 9.17) is 20.8 Å². The van der Waals surface area contributed by atoms with Crippen LogP contribution in [-0.4, -0.2) is 30.8 Å². The average molecular weight is 253 g/mol. The molecule has 2 heterocycles. The van der Waals surface area contributed by atoms with Crippen molar-refractivity contribution in [3.05, 3.63) is 23.2 Å². The summed E-state index contributed by atoms with van der Waals surface area (Å²) in [7, 11) is 0. The van der Waals surface area contributed by atoms with E-state index in [1.54, 1.807) is 0 Å². The van der Waals surface area contributed by atoms with Gasteiger partial charge in [-0.2, -0.15) is 4.98 Å². The minimum atomic E-state index is 0.285. The van der Waals surface area contributed by atoms with Gasteiger partial charge in [-0.05, 0) is 25.1 Å². The van der Waals surface area contributed by atoms with Crippen molar-refractivity contribution in [3.8, 4) is 0 Å². The smallest absolute Gasteiger partial charge is 0.298 e. The monoisotopic (exact) mass is 252 g/mol. The van der Waals surface area contributed by atoms with Gasteiger partial charge in [-0.3, -0.25) is 0 Å². The van der Waals surface area contributed by atoms with Crippen LogP contribution in [0.4, 0.5) is 6.01 Å². The molecule has 1 aliphatic rings. The summed E-state index contributed by atoms with van der Waals surface area (Å²) in [6.45, 7) is 4.33. The minimum absolute atomic E-state index is 0.285. The largest absolute Gasteiger partial charge is 0.423 e. The van der Waals surface area contributed by atoms with E-state index in [2.05, 4.69) is 16.8 Å². The van der Waals surface area contributed by atoms with Crippen LogP contribution in [0.5, 0.6) is 0 Å². The van der Waals surface area contributed by atoms with Crippen LogP contribution < -0.4 is 4.90 Å². The Balaban J connectivity index is 1.99. The molecule has 0 bridgehead atoms. The zero-order valence-corrected chi connectivity index (χ0v) is 10.3. The van der Waals surface area contributed by atoms with E-state index in [-0.39, 0.29) is 6.04 Å². The lowest BCUT2D eigenvalue weighted by Crippen LogP contribution is -2.43. The van der Waals surface area contributed by atoms with E-state index in [0.717, 1.165) is 17.6 Å². The third-order valence-corrected chi connectivity index (χ3v) is 3.19. The lowest BCUT2D eigenvalue weighted by atomic mass is 10.3. The Labute approximate surface area is 104 Å². The van der Waals surface area contributed by atoms with Crippen LogP contribution in [-0.2, 0) is 4.74 Å². The van der Waals surface area contributed by atoms with Crippen molar-refractivity contribution in [1.82, 2.24) is 4.98 Å². The molecule has 4 nitrogen and oxygen atoms in total. The number of rotatable bonds is 1. The van der Waals surface area contributed by atoms with Crippen LogP contribution in [0.1, 0.15) is 6.92 Å². The summed E-state index contributed by atoms with van der Waals surface area (Å²) in [5.41, 5.74) is 1.56. The third-order valence-electron chi connectivity index (χ3n) is 2.95. The lowest BCUT2D eigenvalue weighted by molar-refractivity contribution is 0.0963. The molecule has 0 amide bonds. The van der Waals surface area contributed by atoms with Crippen molar-refractivity contribution in [2.75, 3.05) is 24.7 Å². The Bertz CT molecular complexity index is 540. The zero-order chi connectivity index (χ0) is 11.8. The standard InChI is InChI=1S/C12H13ClN2O2/c1-8-7-16-5-4-15(8)12-14-10-6-9(13)2-3-11(10)17-12/h2-3,6,8H,4-5,7H2,1H3/t8-/m1/s1. The van der Waals surface area contributed by atoms with Crippen molar-refractivity contribution in [1.29, 1.82) is 0 Å². The summed E-state index contributed by atoms with van der Waals surface area (Å²) >= 11 is 5.93. The highest BCUT2D eigenvalue weighted by atomic mass is 35.5. The van der Waals surface area contributed by atoms with Crippen LogP contribution in [0, 0.1) is 0 Å². The van der Waals surface area contributed by atoms with Gasteiger partial charge in [0.15, 0.2) is 5.58 Å². The minimum Gasteiger partial charge on any atom is -0.423 e. The van der Waals surface area contributed by atoms with Gasteiger partial charge in [-0.1, -0.05) is 11.6 Å². The molecule has 0 spiro atoms. The van der Waals surface area contributed by atoms with Gasteiger partial charge in [-0.25, -0.2) is 0 Å². The van der Waals surface area contributed by atoms with Gasteiger partial charge in [0, 0.05) is 11.6 Å². The molecule has 2 aromatic rings. The number of anilines is 1. The average Bonchev–Trinajstić information content (AvgIpc) is 2.72. The second kappa shape index (κ2) is 4.20. The maximum absolute atomic E-state index is 5.93. The predicted molar refractivity (Wildman–Crippen MR) is 66.6 cm³/mol. The van der Waals surface area contributed by atoms with Crippen LogP contribution >= 0.6 is 11.6 Å². The molecule has 1 aromatic heterocycles. The number of nitrogens with zero attached hydrogens (tertiary/aromatic N) is 2. The molecule has 1 fully saturated rings. The first kappa shape index (κ1) is 10.9. The molecular weight excluding hydrogens is 240 g/mol. The second-order valence-corrected chi connectivity index (χ2v) is 4.66. The summed E-state index contributed by atoms with van der Waals surface area (Å²) in [6.07, 6.45) is 0. The molecule has 1 saturated heterocycles. The highest BCUT2D eigenvalue weighted by Gasteiger charge is 2.23. The van der Waals surface area contributed by atoms with Gasteiger partial charge in [0.2, 0.25) is 0 Å². The van der Waals surface area contributed by atoms with Crippen LogP contribution in [0.25, 0.3) is 11.1 Å². The summed E-state index contributed by atoms with van der Waals surface area (Å²) < 4.78 is 11.1. The fourth-order valence-electron chi connectivity index (χ4n) is 2.02. The fraction of sp³-hybridized carbons (Fsp3) is 0.417. The highest BCUT2D eigenvalue weighted by molar-refractivity contribution is 6.31. The number of morpholine rings is 1. The number of oxazole rings is 1. The van der Waals surface area contributed by atoms with Gasteiger partial charge in [0.1, 0.15) is 5.52 Å². The Morgan fingerprint density at radius 1 is 1.47 bits per heavy atom. The number of fused-ring (bicyclic) bond motifs is 1. The molecule has 5 heteroatoms. The van der Waals surface area contributed by atoms with Gasteiger partial charge in [-0.15, -0.1) is 0 Å². The first-order valence-corrected chi connectivity index (χ1v) is 6.02. The second-order valence-electron chi connectivity index (χ2n) is 4.23. The van der Waals surface area contributed by atoms with Crippen molar-refractivity contribution >= 4 is 28.7 Å². The zero-order valence-electron chi connectivity index (χ0n) is 9.52. The maximum atomic E-state index is 5.93. The van der Waals surface area contributed by atoms with Crippen LogP contribution in [0.2, 0.25) is 5.02 Å². The molecular formula is C12H13ClN2O2. The van der Waals surface area contributed by atoms with Crippen molar-refractivity contribution in [2.45, 2.75) is 13.0 Å². The molecule has 0 N–H and O–H groups in total. The molecule has 90 valence electrons. The normalized spacial score (nSPS) is 21.1. The molecule has 17 heavy (non-hydrogen) atoms. The van der Waals surface area contributed by atoms with Gasteiger partial charge in [0.05, 0.1) is 19.3 Å². The first-order chi connectivity index (χ1) is 8.24. The molecule has 1 atom stereocenters. The summed E-state index contributed by atoms with van der Waals surface area (Å²) in [4.78, 5) is 6.59. The number of hydrogen-bond acceptors (Lipinski definition) is 4. The van der Waals surface area contributed by atoms with Crippen molar-refractivity contribution in [2.24, 2.45) is 0 Å². The molecule has 1 aromatic carbocycles. The van der Waals surface area contributed by atoms with E-state index >= 15 is 0 Å². The predicted octanol–water partition coefficient (Wildman–Crippen LogP) is 2.71. The van der Waals surface area contributed by atoms with E-state index in [9.17, 15) is 0 Å². The molecule has 0 aliphatic carbocycles. The van der Waals surface area contributed by atoms with Crippen LogP contribution in [0.15, 0.2) is 22.6 Å². The van der Waals surface area contributed by atoms with Gasteiger partial charge < -0.3 is 14.1 Å². The van der Waals surface area contributed by atoms with E-state index in [0.29, 0.717) is 24.3 Å². The molecule has 3 rings (SSSR count). The first-order valence-electron chi connectivity index (χ1n) is 5.64. The molecule has 0 unspecified atom stereocenters. The highest BCUT2D eigenvalue weighted by Crippen LogP contribution is 2.26. The Hall–Kier alpha value is -1.26. The van der Waals surface area contributed by atoms with Crippen LogP contribution in [0.3, 0.4) is 0 Å². The third kappa shape index (κ3) is 1.98. The van der Waals surface area contributed by atoms with Gasteiger partial charge in [0.25, 0.3) is 6.01 Å². The van der Waals surface area contributed by atoms with Crippen molar-refractivity contribution < 1.29 is 9.15 Å². The number of benzene rings is 1. The van der Waals surface area contributed by atoms with Crippen molar-refractivity contribution in [3.63, 3.8) is 0 Å². The fourth-order valence-corrected chi connectivity index (χ4v) is 2.19. The number of ether oxygens (including phenoxy) is 1. The molecule has 0 saturated carbocycles. The van der Waals surface area contributed by atoms with E-state index in [1.807, 2.05) is 18.2 Å². The Morgan fingerprint density at radius 2 is 2.35 bits per heavy atom. The molecule has 1 aliphatic heterocycles. The Kier molecular flexibility index (Phi) is 2.68. The summed E-state index contributed by atoms with van der Waals surface area (Å²) in [6, 6.07) is 6.40. The lowest BCUT2D eigenvalue weighted by Gasteiger charge is -2.31.